The molecule has 0 spiro atoms. The highest BCUT2D eigenvalue weighted by molar-refractivity contribution is 7.90. The molecule has 4 aromatic rings. The van der Waals surface area contributed by atoms with Crippen LogP contribution < -0.4 is 5.56 Å². The van der Waals surface area contributed by atoms with Crippen LogP contribution in [-0.4, -0.2) is 19.1 Å². The number of rotatable bonds is 4. The maximum atomic E-state index is 12.9. The molecule has 0 fully saturated rings. The van der Waals surface area contributed by atoms with Gasteiger partial charge in [-0.3, -0.25) is 9.20 Å². The standard InChI is InChI=1S/C24H18ClNO3S2/c1-31(28,29)22-11-8-18(9-12-22)14-19-10-13-23-26(24(19)27)16-21(30-23)7-3-5-17-4-2-6-20(25)15-17/h2,4,6,8-13,15-16H,5,14H2,1H3. The van der Waals surface area contributed by atoms with Gasteiger partial charge in [-0.1, -0.05) is 53.8 Å². The first-order valence-corrected chi connectivity index (χ1v) is 12.5. The van der Waals surface area contributed by atoms with Crippen LogP contribution in [0.4, 0.5) is 0 Å². The minimum Gasteiger partial charge on any atom is -0.273 e. The summed E-state index contributed by atoms with van der Waals surface area (Å²) >= 11 is 7.47. The van der Waals surface area contributed by atoms with Gasteiger partial charge in [0.05, 0.1) is 9.77 Å². The summed E-state index contributed by atoms with van der Waals surface area (Å²) in [4.78, 5) is 14.8. The van der Waals surface area contributed by atoms with E-state index in [2.05, 4.69) is 11.8 Å². The Morgan fingerprint density at radius 2 is 1.81 bits per heavy atom. The van der Waals surface area contributed by atoms with Crippen molar-refractivity contribution in [2.75, 3.05) is 6.26 Å². The van der Waals surface area contributed by atoms with E-state index < -0.39 is 9.84 Å². The molecule has 0 aliphatic carbocycles. The SMILES string of the molecule is CS(=O)(=O)c1ccc(Cc2ccc3sc(C#CCc4cccc(Cl)c4)cn3c2=O)cc1. The van der Waals surface area contributed by atoms with Gasteiger partial charge in [-0.15, -0.1) is 11.3 Å². The number of thiazole rings is 1. The van der Waals surface area contributed by atoms with Gasteiger partial charge in [-0.2, -0.15) is 0 Å². The lowest BCUT2D eigenvalue weighted by atomic mass is 10.1. The van der Waals surface area contributed by atoms with Crippen molar-refractivity contribution >= 4 is 37.6 Å². The minimum absolute atomic E-state index is 0.0937. The van der Waals surface area contributed by atoms with Gasteiger partial charge in [0.1, 0.15) is 4.83 Å². The zero-order valence-corrected chi connectivity index (χ0v) is 19.0. The van der Waals surface area contributed by atoms with Crippen molar-refractivity contribution in [1.29, 1.82) is 0 Å². The summed E-state index contributed by atoms with van der Waals surface area (Å²) in [7, 11) is -3.24. The number of halogens is 1. The molecular weight excluding hydrogens is 450 g/mol. The van der Waals surface area contributed by atoms with E-state index in [1.807, 2.05) is 36.4 Å². The van der Waals surface area contributed by atoms with Crippen molar-refractivity contribution in [1.82, 2.24) is 4.40 Å². The average Bonchev–Trinajstić information content (AvgIpc) is 3.14. The van der Waals surface area contributed by atoms with E-state index in [4.69, 9.17) is 11.6 Å². The fraction of sp³-hybridized carbons (Fsp3) is 0.125. The molecule has 4 nitrogen and oxygen atoms in total. The van der Waals surface area contributed by atoms with Gasteiger partial charge in [0.2, 0.25) is 0 Å². The van der Waals surface area contributed by atoms with E-state index in [9.17, 15) is 13.2 Å². The molecule has 2 heterocycles. The van der Waals surface area contributed by atoms with Crippen molar-refractivity contribution in [2.45, 2.75) is 17.7 Å². The van der Waals surface area contributed by atoms with Crippen LogP contribution in [0.25, 0.3) is 4.83 Å². The van der Waals surface area contributed by atoms with E-state index in [0.29, 0.717) is 23.4 Å². The summed E-state index contributed by atoms with van der Waals surface area (Å²) in [6, 6.07) is 17.9. The van der Waals surface area contributed by atoms with Crippen molar-refractivity contribution in [2.24, 2.45) is 0 Å². The van der Waals surface area contributed by atoms with Crippen molar-refractivity contribution < 1.29 is 8.42 Å². The number of nitrogens with zero attached hydrogens (tertiary/aromatic N) is 1. The number of hydrogen-bond donors (Lipinski definition) is 0. The predicted molar refractivity (Wildman–Crippen MR) is 126 cm³/mol. The van der Waals surface area contributed by atoms with Crippen molar-refractivity contribution in [3.8, 4) is 11.8 Å². The molecule has 0 aliphatic heterocycles. The number of sulfone groups is 1. The van der Waals surface area contributed by atoms with Gasteiger partial charge in [0, 0.05) is 35.9 Å². The summed E-state index contributed by atoms with van der Waals surface area (Å²) < 4.78 is 24.8. The molecule has 0 radical (unpaired) electrons. The molecule has 0 unspecified atom stereocenters. The number of fused-ring (bicyclic) bond motifs is 1. The van der Waals surface area contributed by atoms with Crippen LogP contribution >= 0.6 is 22.9 Å². The van der Waals surface area contributed by atoms with Gasteiger partial charge in [0.15, 0.2) is 9.84 Å². The van der Waals surface area contributed by atoms with Gasteiger partial charge < -0.3 is 0 Å². The lowest BCUT2D eigenvalue weighted by Crippen LogP contribution is -2.16. The highest BCUT2D eigenvalue weighted by Gasteiger charge is 2.10. The van der Waals surface area contributed by atoms with Crippen LogP contribution in [0.1, 0.15) is 21.6 Å². The summed E-state index contributed by atoms with van der Waals surface area (Å²) in [5.41, 5.74) is 2.47. The lowest BCUT2D eigenvalue weighted by Gasteiger charge is -2.04. The van der Waals surface area contributed by atoms with E-state index in [0.717, 1.165) is 20.8 Å². The van der Waals surface area contributed by atoms with E-state index >= 15 is 0 Å². The second-order valence-electron chi connectivity index (χ2n) is 7.17. The molecule has 0 atom stereocenters. The highest BCUT2D eigenvalue weighted by atomic mass is 35.5. The number of pyridine rings is 1. The molecule has 0 saturated heterocycles. The Bertz CT molecular complexity index is 1490. The first kappa shape index (κ1) is 21.4. The number of aromatic nitrogens is 1. The zero-order chi connectivity index (χ0) is 22.0. The third-order valence-corrected chi connectivity index (χ3v) is 7.09. The normalized spacial score (nSPS) is 11.3. The summed E-state index contributed by atoms with van der Waals surface area (Å²) in [5, 5.41) is 0.686. The van der Waals surface area contributed by atoms with Crippen LogP contribution in [0.3, 0.4) is 0 Å². The Kier molecular flexibility index (Phi) is 6.01. The molecular formula is C24H18ClNO3S2. The highest BCUT2D eigenvalue weighted by Crippen LogP contribution is 2.18. The van der Waals surface area contributed by atoms with Crippen molar-refractivity contribution in [3.05, 3.63) is 104 Å². The molecule has 4 rings (SSSR count). The Labute approximate surface area is 189 Å². The van der Waals surface area contributed by atoms with E-state index in [-0.39, 0.29) is 10.5 Å². The van der Waals surface area contributed by atoms with Gasteiger partial charge in [-0.05, 0) is 41.5 Å². The largest absolute Gasteiger partial charge is 0.273 e. The average molecular weight is 468 g/mol. The molecule has 31 heavy (non-hydrogen) atoms. The Morgan fingerprint density at radius 1 is 1.03 bits per heavy atom. The zero-order valence-electron chi connectivity index (χ0n) is 16.6. The van der Waals surface area contributed by atoms with Crippen LogP contribution in [0, 0.1) is 11.8 Å². The van der Waals surface area contributed by atoms with Gasteiger partial charge in [0.25, 0.3) is 5.56 Å². The second-order valence-corrected chi connectivity index (χ2v) is 10.7. The molecule has 2 aromatic carbocycles. The molecule has 7 heteroatoms. The molecule has 0 aliphatic rings. The van der Waals surface area contributed by atoms with Gasteiger partial charge in [-0.25, -0.2) is 8.42 Å². The maximum Gasteiger partial charge on any atom is 0.259 e. The predicted octanol–water partition coefficient (Wildman–Crippen LogP) is 4.60. The van der Waals surface area contributed by atoms with Crippen LogP contribution in [0.5, 0.6) is 0 Å². The molecule has 2 aromatic heterocycles. The van der Waals surface area contributed by atoms with E-state index in [1.165, 1.54) is 17.6 Å². The maximum absolute atomic E-state index is 12.9. The molecule has 0 amide bonds. The summed E-state index contributed by atoms with van der Waals surface area (Å²) in [6.07, 6.45) is 3.95. The summed E-state index contributed by atoms with van der Waals surface area (Å²) in [6.45, 7) is 0. The summed E-state index contributed by atoms with van der Waals surface area (Å²) in [5.74, 6) is 6.26. The van der Waals surface area contributed by atoms with Crippen LogP contribution in [0.2, 0.25) is 5.02 Å². The fourth-order valence-corrected chi connectivity index (χ4v) is 4.91. The minimum atomic E-state index is -3.24. The Balaban J connectivity index is 1.56. The number of hydrogen-bond acceptors (Lipinski definition) is 4. The van der Waals surface area contributed by atoms with E-state index in [1.54, 1.807) is 34.9 Å². The van der Waals surface area contributed by atoms with Crippen molar-refractivity contribution in [3.63, 3.8) is 0 Å². The van der Waals surface area contributed by atoms with Gasteiger partial charge >= 0.3 is 0 Å². The monoisotopic (exact) mass is 467 g/mol. The quantitative estimate of drug-likeness (QED) is 0.412. The number of benzene rings is 2. The topological polar surface area (TPSA) is 55.6 Å². The van der Waals surface area contributed by atoms with Crippen LogP contribution in [-0.2, 0) is 22.7 Å². The molecule has 0 N–H and O–H groups in total. The first-order valence-electron chi connectivity index (χ1n) is 9.46. The molecule has 0 saturated carbocycles. The Hall–Kier alpha value is -2.85. The first-order chi connectivity index (χ1) is 14.8. The Morgan fingerprint density at radius 3 is 2.52 bits per heavy atom. The molecule has 0 bridgehead atoms. The van der Waals surface area contributed by atoms with Crippen LogP contribution in [0.15, 0.2) is 76.6 Å². The third-order valence-electron chi connectivity index (χ3n) is 4.76. The third kappa shape index (κ3) is 5.08. The second kappa shape index (κ2) is 8.72. The smallest absolute Gasteiger partial charge is 0.259 e. The fourth-order valence-electron chi connectivity index (χ4n) is 3.19. The lowest BCUT2D eigenvalue weighted by molar-refractivity contribution is 0.602. The molecule has 156 valence electrons.